The molecule has 3 saturated heterocycles. The third-order valence-corrected chi connectivity index (χ3v) is 20.6. The third kappa shape index (κ3) is 20.8. The minimum absolute atomic E-state index is 0.0214. The minimum Gasteiger partial charge on any atom is -0.390 e. The van der Waals surface area contributed by atoms with Crippen LogP contribution in [0.4, 0.5) is 0 Å². The zero-order valence-electron chi connectivity index (χ0n) is 60.9. The highest BCUT2D eigenvalue weighted by Gasteiger charge is 2.49. The lowest BCUT2D eigenvalue weighted by molar-refractivity contribution is -0.157. The number of amides is 11. The molecular weight excluding hydrogens is 1210 g/mol. The number of piperidine rings is 1. The molecule has 0 aliphatic carbocycles. The van der Waals surface area contributed by atoms with E-state index in [1.807, 2.05) is 61.6 Å². The number of carbonyl (C=O) groups excluding carboxylic acids is 11. The third-order valence-electron chi connectivity index (χ3n) is 19.2. The Bertz CT molecular complexity index is 2610. The molecule has 3 fully saturated rings. The zero-order chi connectivity index (χ0) is 71.1. The summed E-state index contributed by atoms with van der Waals surface area (Å²) in [6, 6.07) is -13.9. The molecule has 3 heterocycles. The van der Waals surface area contributed by atoms with Crippen LogP contribution >= 0.6 is 11.8 Å². The van der Waals surface area contributed by atoms with Gasteiger partial charge in [-0.2, -0.15) is 11.8 Å². The first-order chi connectivity index (χ1) is 43.2. The number of likely N-dealkylation sites (tertiary alicyclic amines) is 1. The molecule has 0 radical (unpaired) electrons. The highest BCUT2D eigenvalue weighted by atomic mass is 32.2. The molecule has 3 rings (SSSR count). The quantitative estimate of drug-likeness (QED) is 0.160. The number of aliphatic hydroxyl groups is 1. The molecule has 2 bridgehead atoms. The first kappa shape index (κ1) is 81.4. The van der Waals surface area contributed by atoms with Gasteiger partial charge in [0.15, 0.2) is 0 Å². The summed E-state index contributed by atoms with van der Waals surface area (Å²) in [5.41, 5.74) is 0. The van der Waals surface area contributed by atoms with Gasteiger partial charge < -0.3 is 65.2 Å². The fourth-order valence-electron chi connectivity index (χ4n) is 13.0. The first-order valence-electron chi connectivity index (χ1n) is 33.9. The maximum atomic E-state index is 15.4. The number of nitrogens with zero attached hydrogens (tertiary/aromatic N) is 9. The van der Waals surface area contributed by atoms with E-state index >= 15 is 28.8 Å². The Labute approximate surface area is 561 Å². The van der Waals surface area contributed by atoms with Crippen molar-refractivity contribution in [1.82, 2.24) is 60.0 Å². The summed E-state index contributed by atoms with van der Waals surface area (Å²) in [6.07, 6.45) is 4.71. The van der Waals surface area contributed by atoms with Crippen molar-refractivity contribution in [1.29, 1.82) is 0 Å². The Morgan fingerprint density at radius 3 is 1.48 bits per heavy atom. The average Bonchev–Trinajstić information content (AvgIpc) is 1.78. The van der Waals surface area contributed by atoms with Crippen molar-refractivity contribution in [3.63, 3.8) is 0 Å². The SMILES string of the molecule is C/C=C/C[C@@H](C)[C@@H](O)[C@H]1C(=O)N[C@@H](CC)C(=O)N(C)[C@H](CSC2CCN(C)CC2)C(=O)N(C)[C@@H](CC(C)C)C(=O)N[C@@H](C(C)C)C(=O)N(C)[C@H]2CC(C)N(C2=O)[C@@H](C)C(=O)N[C@H](C)C(=O)N(C)[C@@H](CC(C)C)C(=O)N(C)[C@@H](CC(C)C)C(=O)N(C)[C@@H](C(C)C)C(=O)N1C. The number of aliphatic hydroxyl groups excluding tert-OH is 1. The van der Waals surface area contributed by atoms with Crippen LogP contribution in [-0.2, 0) is 52.7 Å². The van der Waals surface area contributed by atoms with Gasteiger partial charge in [0.2, 0.25) is 65.0 Å². The number of carbonyl (C=O) groups is 11. The summed E-state index contributed by atoms with van der Waals surface area (Å²) in [5, 5.41) is 21.0. The first-order valence-corrected chi connectivity index (χ1v) is 34.9. The maximum Gasteiger partial charge on any atom is 0.246 e. The van der Waals surface area contributed by atoms with Crippen LogP contribution in [0, 0.1) is 35.5 Å². The van der Waals surface area contributed by atoms with E-state index in [1.54, 1.807) is 66.3 Å². The number of hydrogen-bond acceptors (Lipinski definition) is 14. The van der Waals surface area contributed by atoms with E-state index < -0.39 is 161 Å². The van der Waals surface area contributed by atoms with E-state index in [1.165, 1.54) is 97.5 Å². The molecule has 3 aliphatic heterocycles. The van der Waals surface area contributed by atoms with Crippen molar-refractivity contribution in [2.24, 2.45) is 35.5 Å². The maximum absolute atomic E-state index is 15.4. The lowest BCUT2D eigenvalue weighted by Crippen LogP contribution is -2.64. The topological polar surface area (TPSA) is 273 Å². The largest absolute Gasteiger partial charge is 0.390 e. The van der Waals surface area contributed by atoms with Gasteiger partial charge in [-0.25, -0.2) is 0 Å². The van der Waals surface area contributed by atoms with E-state index in [0.29, 0.717) is 6.42 Å². The van der Waals surface area contributed by atoms with Gasteiger partial charge in [0.05, 0.1) is 6.10 Å². The molecule has 14 atom stereocenters. The van der Waals surface area contributed by atoms with Crippen molar-refractivity contribution < 1.29 is 57.8 Å². The van der Waals surface area contributed by atoms with Gasteiger partial charge in [0, 0.05) is 66.4 Å². The molecule has 0 spiro atoms. The predicted octanol–water partition coefficient (Wildman–Crippen LogP) is 3.92. The van der Waals surface area contributed by atoms with Gasteiger partial charge in [-0.05, 0) is 135 Å². The Kier molecular flexibility index (Phi) is 31.8. The molecule has 24 nitrogen and oxygen atoms in total. The summed E-state index contributed by atoms with van der Waals surface area (Å²) in [4.78, 5) is 177. The smallest absolute Gasteiger partial charge is 0.246 e. The van der Waals surface area contributed by atoms with Crippen molar-refractivity contribution in [3.05, 3.63) is 12.2 Å². The molecule has 0 aromatic carbocycles. The van der Waals surface area contributed by atoms with Gasteiger partial charge in [-0.3, -0.25) is 52.7 Å². The van der Waals surface area contributed by atoms with E-state index in [0.717, 1.165) is 30.8 Å². The van der Waals surface area contributed by atoms with Crippen LogP contribution in [0.3, 0.4) is 0 Å². The van der Waals surface area contributed by atoms with E-state index in [2.05, 4.69) is 20.9 Å². The lowest BCUT2D eigenvalue weighted by atomic mass is 9.91. The summed E-state index contributed by atoms with van der Waals surface area (Å²) >= 11 is 1.55. The molecule has 0 aromatic heterocycles. The fourth-order valence-corrected chi connectivity index (χ4v) is 14.4. The van der Waals surface area contributed by atoms with Crippen LogP contribution in [0.1, 0.15) is 162 Å². The second kappa shape index (κ2) is 36.3. The Morgan fingerprint density at radius 1 is 0.516 bits per heavy atom. The number of nitrogens with one attached hydrogen (secondary N) is 3. The summed E-state index contributed by atoms with van der Waals surface area (Å²) in [6.45, 7) is 30.0. The number of allylic oxidation sites excluding steroid dienone is 2. The second-order valence-electron chi connectivity index (χ2n) is 28.8. The van der Waals surface area contributed by atoms with Gasteiger partial charge in [-0.1, -0.05) is 95.2 Å². The molecule has 530 valence electrons. The minimum atomic E-state index is -1.62. The zero-order valence-corrected chi connectivity index (χ0v) is 61.7. The summed E-state index contributed by atoms with van der Waals surface area (Å²) in [7, 11) is 12.3. The number of likely N-dealkylation sites (N-methyl/N-ethyl adjacent to an activating group) is 7. The second-order valence-corrected chi connectivity index (χ2v) is 30.1. The average molecular weight is 1330 g/mol. The molecule has 11 amide bonds. The normalized spacial score (nSPS) is 29.2. The Hall–Kier alpha value is -5.82. The molecule has 25 heteroatoms. The fraction of sp³-hybridized carbons (Fsp3) is 0.809. The van der Waals surface area contributed by atoms with E-state index in [-0.39, 0.29) is 60.9 Å². The molecule has 0 aromatic rings. The molecular formula is C68H120N12O12S. The summed E-state index contributed by atoms with van der Waals surface area (Å²) < 4.78 is 0. The predicted molar refractivity (Wildman–Crippen MR) is 364 cm³/mol. The highest BCUT2D eigenvalue weighted by Crippen LogP contribution is 2.30. The van der Waals surface area contributed by atoms with Gasteiger partial charge in [-0.15, -0.1) is 0 Å². The highest BCUT2D eigenvalue weighted by molar-refractivity contribution is 8.00. The number of hydrogen-bond donors (Lipinski definition) is 4. The Balaban J connectivity index is 2.38. The molecule has 4 N–H and O–H groups in total. The monoisotopic (exact) mass is 1330 g/mol. The van der Waals surface area contributed by atoms with Crippen molar-refractivity contribution in [3.8, 4) is 0 Å². The van der Waals surface area contributed by atoms with Crippen LogP contribution in [0.5, 0.6) is 0 Å². The number of fused-ring (bicyclic) bond motifs is 2. The summed E-state index contributed by atoms with van der Waals surface area (Å²) in [5.74, 6) is -9.01. The number of rotatable bonds is 16. The van der Waals surface area contributed by atoms with Gasteiger partial charge >= 0.3 is 0 Å². The molecule has 93 heavy (non-hydrogen) atoms. The van der Waals surface area contributed by atoms with Crippen LogP contribution in [0.2, 0.25) is 0 Å². The van der Waals surface area contributed by atoms with Crippen LogP contribution < -0.4 is 16.0 Å². The van der Waals surface area contributed by atoms with E-state index in [4.69, 9.17) is 0 Å². The molecule has 3 aliphatic rings. The molecule has 1 unspecified atom stereocenters. The lowest BCUT2D eigenvalue weighted by Gasteiger charge is -2.41. The molecule has 0 saturated carbocycles. The van der Waals surface area contributed by atoms with Crippen molar-refractivity contribution >= 4 is 76.7 Å². The Morgan fingerprint density at radius 2 is 0.989 bits per heavy atom. The van der Waals surface area contributed by atoms with E-state index in [9.17, 15) is 29.1 Å². The van der Waals surface area contributed by atoms with Gasteiger partial charge in [0.25, 0.3) is 0 Å². The van der Waals surface area contributed by atoms with Crippen LogP contribution in [-0.4, -0.2) is 273 Å². The van der Waals surface area contributed by atoms with Crippen LogP contribution in [0.15, 0.2) is 12.2 Å². The standard InChI is InChI=1S/C68H120N12O12S/c1-25-27-28-43(13)57(81)56-60(84)70-48(26-2)62(86)77(22)53(37-93-47-29-31-72(17)32-30-47)65(89)73(18)49(33-38(3)4)59(83)71-54(41(9)10)67(91)76(21)52-36-44(14)80(66(52)90)46(16)58(82)69-45(15)61(85)74(19)50(34-39(5)6)63(87)75(20)51(35-40(7)8)64(88)78(23)55(42(11)12)68(92)79(56)24/h25,27,38-57,81H,26,28-37H2,1-24H3,(H,69,82)(H,70,84)(H,71,83)/b27-25+/t43-,44?,45-,46+,48+,49+,50+,51+,52+,53-,54+,55+,56+,57-/m1/s1. The van der Waals surface area contributed by atoms with Crippen molar-refractivity contribution in [2.45, 2.75) is 246 Å². The van der Waals surface area contributed by atoms with Crippen LogP contribution in [0.25, 0.3) is 0 Å². The van der Waals surface area contributed by atoms with Gasteiger partial charge in [0.1, 0.15) is 66.5 Å². The number of thioether (sulfide) groups is 1. The van der Waals surface area contributed by atoms with Crippen molar-refractivity contribution in [2.75, 3.05) is 75.2 Å².